The van der Waals surface area contributed by atoms with E-state index in [1.165, 1.54) is 61.8 Å². The summed E-state index contributed by atoms with van der Waals surface area (Å²) in [6.07, 6.45) is 7.72. The zero-order chi connectivity index (χ0) is 19.9. The largest absolute Gasteiger partial charge is 0.497 e. The Labute approximate surface area is 178 Å². The predicted molar refractivity (Wildman–Crippen MR) is 120 cm³/mol. The molecule has 2 fully saturated rings. The number of piperidine rings is 1. The van der Waals surface area contributed by atoms with Crippen molar-refractivity contribution in [1.29, 1.82) is 0 Å². The second-order valence-corrected chi connectivity index (χ2v) is 10.3. The minimum atomic E-state index is 0.251. The zero-order valence-electron chi connectivity index (χ0n) is 17.8. The lowest BCUT2D eigenvalue weighted by Crippen LogP contribution is -2.62. The van der Waals surface area contributed by atoms with Crippen LogP contribution < -0.4 is 4.74 Å². The third kappa shape index (κ3) is 2.36. The summed E-state index contributed by atoms with van der Waals surface area (Å²) in [5.41, 5.74) is 7.79. The summed E-state index contributed by atoms with van der Waals surface area (Å²) >= 11 is 0. The van der Waals surface area contributed by atoms with Gasteiger partial charge in [0, 0.05) is 34.6 Å². The van der Waals surface area contributed by atoms with Crippen LogP contribution in [0, 0.1) is 11.8 Å². The van der Waals surface area contributed by atoms with Crippen LogP contribution >= 0.6 is 0 Å². The van der Waals surface area contributed by atoms with Crippen molar-refractivity contribution < 1.29 is 4.74 Å². The van der Waals surface area contributed by atoms with Crippen molar-refractivity contribution in [2.75, 3.05) is 20.2 Å². The van der Waals surface area contributed by atoms with E-state index < -0.39 is 0 Å². The predicted octanol–water partition coefficient (Wildman–Crippen LogP) is 4.87. The van der Waals surface area contributed by atoms with Crippen LogP contribution in [0.3, 0.4) is 0 Å². The van der Waals surface area contributed by atoms with Crippen LogP contribution in [0.5, 0.6) is 5.75 Å². The molecule has 2 bridgehead atoms. The number of nitrogens with zero attached hydrogens (tertiary/aromatic N) is 1. The third-order valence-electron chi connectivity index (χ3n) is 8.78. The highest BCUT2D eigenvalue weighted by Gasteiger charge is 2.55. The van der Waals surface area contributed by atoms with E-state index in [1.54, 1.807) is 23.8 Å². The summed E-state index contributed by atoms with van der Waals surface area (Å²) < 4.78 is 5.68. The first-order valence-electron chi connectivity index (χ1n) is 11.7. The molecule has 3 nitrogen and oxygen atoms in total. The number of hydrogen-bond acceptors (Lipinski definition) is 2. The second-order valence-electron chi connectivity index (χ2n) is 10.3. The maximum atomic E-state index is 5.68. The smallest absolute Gasteiger partial charge is 0.119 e. The lowest BCUT2D eigenvalue weighted by Gasteiger charge is -2.59. The molecule has 1 N–H and O–H groups in total. The van der Waals surface area contributed by atoms with Crippen LogP contribution in [0.25, 0.3) is 10.9 Å². The SMILES string of the molecule is COc1ccc2c(c1)[C@@]13CCN(CC4CC4)[C@@H](C2)C1Cc1c([nH]c2ccccc12)C3. The molecule has 2 aromatic carbocycles. The van der Waals surface area contributed by atoms with E-state index in [-0.39, 0.29) is 5.41 Å². The summed E-state index contributed by atoms with van der Waals surface area (Å²) in [5.74, 6) is 2.68. The first-order chi connectivity index (χ1) is 14.7. The average Bonchev–Trinajstić information content (AvgIpc) is 3.52. The van der Waals surface area contributed by atoms with E-state index >= 15 is 0 Å². The molecule has 30 heavy (non-hydrogen) atoms. The Balaban J connectivity index is 1.40. The van der Waals surface area contributed by atoms with E-state index in [1.807, 2.05) is 0 Å². The number of rotatable bonds is 3. The summed E-state index contributed by atoms with van der Waals surface area (Å²) in [7, 11) is 1.80. The van der Waals surface area contributed by atoms with Gasteiger partial charge in [0.1, 0.15) is 5.75 Å². The Bertz CT molecular complexity index is 1140. The van der Waals surface area contributed by atoms with Gasteiger partial charge in [-0.2, -0.15) is 0 Å². The van der Waals surface area contributed by atoms with Gasteiger partial charge >= 0.3 is 0 Å². The highest BCUT2D eigenvalue weighted by molar-refractivity contribution is 5.85. The van der Waals surface area contributed by atoms with Gasteiger partial charge in [-0.25, -0.2) is 0 Å². The monoisotopic (exact) mass is 398 g/mol. The summed E-state index contributed by atoms with van der Waals surface area (Å²) in [4.78, 5) is 6.70. The fraction of sp³-hybridized carbons (Fsp3) is 0.481. The molecule has 2 heterocycles. The number of methoxy groups -OCH3 is 1. The number of H-pyrrole nitrogens is 1. The van der Waals surface area contributed by atoms with Crippen molar-refractivity contribution >= 4 is 10.9 Å². The van der Waals surface area contributed by atoms with Crippen molar-refractivity contribution in [2.45, 2.75) is 50.0 Å². The average molecular weight is 399 g/mol. The Morgan fingerprint density at radius 3 is 2.90 bits per heavy atom. The van der Waals surface area contributed by atoms with Gasteiger partial charge in [0.25, 0.3) is 0 Å². The van der Waals surface area contributed by atoms with Gasteiger partial charge < -0.3 is 9.72 Å². The molecular formula is C27H30N2O. The number of para-hydroxylation sites is 1. The number of ether oxygens (including phenoxy) is 1. The topological polar surface area (TPSA) is 28.3 Å². The van der Waals surface area contributed by atoms with Crippen molar-refractivity contribution in [2.24, 2.45) is 11.8 Å². The van der Waals surface area contributed by atoms with Gasteiger partial charge in [-0.3, -0.25) is 4.90 Å². The van der Waals surface area contributed by atoms with E-state index in [0.29, 0.717) is 12.0 Å². The number of fused-ring (bicyclic) bond motifs is 4. The molecule has 3 atom stereocenters. The molecule has 1 aliphatic heterocycles. The third-order valence-corrected chi connectivity index (χ3v) is 8.78. The van der Waals surface area contributed by atoms with Gasteiger partial charge in [0.2, 0.25) is 0 Å². The molecule has 0 radical (unpaired) electrons. The summed E-state index contributed by atoms with van der Waals surface area (Å²) in [6, 6.07) is 16.5. The highest BCUT2D eigenvalue weighted by atomic mass is 16.5. The van der Waals surface area contributed by atoms with Crippen molar-refractivity contribution in [3.8, 4) is 5.75 Å². The number of hydrogen-bond donors (Lipinski definition) is 1. The zero-order valence-corrected chi connectivity index (χ0v) is 17.8. The van der Waals surface area contributed by atoms with E-state index in [0.717, 1.165) is 18.1 Å². The van der Waals surface area contributed by atoms with Gasteiger partial charge in [-0.15, -0.1) is 0 Å². The fourth-order valence-electron chi connectivity index (χ4n) is 7.15. The second kappa shape index (κ2) is 6.13. The molecule has 1 saturated carbocycles. The molecule has 4 aliphatic rings. The lowest BCUT2D eigenvalue weighted by molar-refractivity contribution is 0.00515. The van der Waals surface area contributed by atoms with Crippen LogP contribution in [-0.4, -0.2) is 36.1 Å². The number of likely N-dealkylation sites (tertiary alicyclic amines) is 1. The Morgan fingerprint density at radius 1 is 1.13 bits per heavy atom. The first kappa shape index (κ1) is 17.4. The molecule has 0 spiro atoms. The van der Waals surface area contributed by atoms with Crippen LogP contribution in [0.1, 0.15) is 41.6 Å². The number of nitrogens with one attached hydrogen (secondary N) is 1. The van der Waals surface area contributed by atoms with Gasteiger partial charge in [-0.05, 0) is 91.8 Å². The molecule has 3 heteroatoms. The van der Waals surface area contributed by atoms with Crippen LogP contribution in [0.2, 0.25) is 0 Å². The van der Waals surface area contributed by atoms with Gasteiger partial charge in [0.05, 0.1) is 7.11 Å². The van der Waals surface area contributed by atoms with Crippen LogP contribution in [-0.2, 0) is 24.7 Å². The van der Waals surface area contributed by atoms with Crippen molar-refractivity contribution in [3.05, 3.63) is 64.8 Å². The molecule has 1 saturated heterocycles. The quantitative estimate of drug-likeness (QED) is 0.682. The Hall–Kier alpha value is -2.26. The van der Waals surface area contributed by atoms with Gasteiger partial charge in [0.15, 0.2) is 0 Å². The molecular weight excluding hydrogens is 368 g/mol. The highest BCUT2D eigenvalue weighted by Crippen LogP contribution is 2.56. The lowest BCUT2D eigenvalue weighted by atomic mass is 9.52. The van der Waals surface area contributed by atoms with Crippen LogP contribution in [0.15, 0.2) is 42.5 Å². The molecule has 1 unspecified atom stereocenters. The number of benzene rings is 2. The van der Waals surface area contributed by atoms with E-state index in [9.17, 15) is 0 Å². The fourth-order valence-corrected chi connectivity index (χ4v) is 7.15. The summed E-state index contributed by atoms with van der Waals surface area (Å²) in [6.45, 7) is 2.58. The number of aromatic nitrogens is 1. The van der Waals surface area contributed by atoms with Crippen molar-refractivity contribution in [3.63, 3.8) is 0 Å². The van der Waals surface area contributed by atoms with E-state index in [4.69, 9.17) is 4.74 Å². The molecule has 7 rings (SSSR count). The van der Waals surface area contributed by atoms with Crippen molar-refractivity contribution in [1.82, 2.24) is 9.88 Å². The minimum Gasteiger partial charge on any atom is -0.497 e. The van der Waals surface area contributed by atoms with E-state index in [2.05, 4.69) is 52.3 Å². The first-order valence-corrected chi connectivity index (χ1v) is 11.7. The minimum absolute atomic E-state index is 0.251. The van der Waals surface area contributed by atoms with Crippen LogP contribution in [0.4, 0.5) is 0 Å². The molecule has 154 valence electrons. The maximum absolute atomic E-state index is 5.68. The normalized spacial score (nSPS) is 29.9. The Kier molecular flexibility index (Phi) is 3.56. The number of aromatic amines is 1. The molecule has 0 amide bonds. The molecule has 3 aliphatic carbocycles. The molecule has 3 aromatic rings. The Morgan fingerprint density at radius 2 is 2.03 bits per heavy atom. The maximum Gasteiger partial charge on any atom is 0.119 e. The summed E-state index contributed by atoms with van der Waals surface area (Å²) in [5, 5.41) is 1.45. The standard InChI is InChI=1S/C27H30N2O/c1-30-19-9-8-18-12-26-23-14-21-20-4-2-3-5-24(20)28-25(21)15-27(23,22(18)13-19)10-11-29(26)16-17-6-7-17/h2-5,8-9,13,17,23,26,28H,6-7,10-12,14-16H2,1H3/t23?,26-,27-/m0/s1. The molecule has 1 aromatic heterocycles. The van der Waals surface area contributed by atoms with Gasteiger partial charge in [-0.1, -0.05) is 24.3 Å².